The molecule has 5 fully saturated rings. The molecule has 0 radical (unpaired) electrons. The van der Waals surface area contributed by atoms with Crippen LogP contribution in [0.2, 0.25) is 0 Å². The van der Waals surface area contributed by atoms with Crippen molar-refractivity contribution in [2.45, 2.75) is 126 Å². The topological polar surface area (TPSA) is 138 Å². The molecule has 7 rings (SSSR count). The van der Waals surface area contributed by atoms with Crippen LogP contribution in [0.4, 0.5) is 0 Å². The van der Waals surface area contributed by atoms with E-state index in [0.717, 1.165) is 30.4 Å². The fourth-order valence-corrected chi connectivity index (χ4v) is 9.18. The van der Waals surface area contributed by atoms with E-state index in [2.05, 4.69) is 26.8 Å². The molecular weight excluding hydrogens is 572 g/mol. The molecule has 2 bridgehead atoms. The second-order valence-corrected chi connectivity index (χ2v) is 14.9. The molecule has 1 saturated carbocycles. The lowest BCUT2D eigenvalue weighted by Gasteiger charge is -2.50. The number of methoxy groups -OCH3 is 2. The maximum atomic E-state index is 12.2. The minimum atomic E-state index is -1.38. The number of epoxide rings is 1. The van der Waals surface area contributed by atoms with Crippen molar-refractivity contribution < 1.29 is 53.2 Å². The van der Waals surface area contributed by atoms with Gasteiger partial charge in [-0.2, -0.15) is 0 Å². The summed E-state index contributed by atoms with van der Waals surface area (Å²) in [6, 6.07) is 0. The Morgan fingerprint density at radius 2 is 1.82 bits per heavy atom. The van der Waals surface area contributed by atoms with E-state index < -0.39 is 65.5 Å². The average Bonchev–Trinajstić information content (AvgIpc) is 3.48. The third-order valence-corrected chi connectivity index (χ3v) is 11.7. The molecule has 3 aliphatic carbocycles. The highest BCUT2D eigenvalue weighted by Gasteiger charge is 2.77. The van der Waals surface area contributed by atoms with Crippen LogP contribution in [0.15, 0.2) is 22.8 Å². The van der Waals surface area contributed by atoms with E-state index in [4.69, 9.17) is 37.9 Å². The molecule has 7 aliphatic rings. The van der Waals surface area contributed by atoms with Gasteiger partial charge in [0.25, 0.3) is 0 Å². The lowest BCUT2D eigenvalue weighted by Crippen LogP contribution is -2.70. The van der Waals surface area contributed by atoms with E-state index in [9.17, 15) is 15.3 Å². The van der Waals surface area contributed by atoms with Gasteiger partial charge in [-0.3, -0.25) is 0 Å². The fourth-order valence-electron chi connectivity index (χ4n) is 9.18. The van der Waals surface area contributed by atoms with Crippen molar-refractivity contribution in [3.63, 3.8) is 0 Å². The molecular formula is C33H50O11. The van der Waals surface area contributed by atoms with Gasteiger partial charge in [-0.15, -0.1) is 0 Å². The predicted molar refractivity (Wildman–Crippen MR) is 155 cm³/mol. The molecule has 0 aromatic heterocycles. The Bertz CT molecular complexity index is 1200. The number of hydrogen-bond acceptors (Lipinski definition) is 11. The summed E-state index contributed by atoms with van der Waals surface area (Å²) in [7, 11) is 3.19. The van der Waals surface area contributed by atoms with Gasteiger partial charge < -0.3 is 53.2 Å². The van der Waals surface area contributed by atoms with Crippen LogP contribution in [0.25, 0.3) is 0 Å². The third-order valence-electron chi connectivity index (χ3n) is 11.7. The second-order valence-electron chi connectivity index (χ2n) is 14.9. The van der Waals surface area contributed by atoms with Crippen molar-refractivity contribution in [1.82, 2.24) is 0 Å². The maximum Gasteiger partial charge on any atom is 0.230 e. The minimum Gasteiger partial charge on any atom is -0.390 e. The van der Waals surface area contributed by atoms with Crippen LogP contribution < -0.4 is 0 Å². The van der Waals surface area contributed by atoms with Crippen LogP contribution in [0, 0.1) is 23.2 Å². The summed E-state index contributed by atoms with van der Waals surface area (Å²) >= 11 is 0. The SMILES string of the molecule is COC[C@H]1O[C@@H](O[C@@H]2C3=C(C(C)C)CC[C@]3(C)/C=C3\[C@@H](CC[C@]3(O)COC)[C@@H](C)[C@H]2O)[C@H](O)[C@H]2OC3O[C@]21O[C@@]3(C)[C@@H]1CO1. The summed E-state index contributed by atoms with van der Waals surface area (Å²) in [5.41, 5.74) is 0.814. The highest BCUT2D eigenvalue weighted by Crippen LogP contribution is 2.59. The molecule has 11 heteroatoms. The van der Waals surface area contributed by atoms with Gasteiger partial charge in [0.2, 0.25) is 5.79 Å². The Balaban J connectivity index is 1.25. The fraction of sp³-hybridized carbons (Fsp3) is 0.879. The predicted octanol–water partition coefficient (Wildman–Crippen LogP) is 2.21. The highest BCUT2D eigenvalue weighted by atomic mass is 16.9. The van der Waals surface area contributed by atoms with E-state index in [1.165, 1.54) is 5.57 Å². The Morgan fingerprint density at radius 1 is 1.07 bits per heavy atom. The quantitative estimate of drug-likeness (QED) is 0.271. The van der Waals surface area contributed by atoms with E-state index >= 15 is 0 Å². The van der Waals surface area contributed by atoms with E-state index in [-0.39, 0.29) is 37.1 Å². The first-order chi connectivity index (χ1) is 20.8. The first-order valence-corrected chi connectivity index (χ1v) is 16.3. The van der Waals surface area contributed by atoms with Crippen LogP contribution in [0.5, 0.6) is 0 Å². The zero-order valence-electron chi connectivity index (χ0n) is 27.0. The zero-order valence-corrected chi connectivity index (χ0v) is 27.0. The molecule has 1 spiro atoms. The van der Waals surface area contributed by atoms with Gasteiger partial charge in [0.05, 0.1) is 25.9 Å². The summed E-state index contributed by atoms with van der Waals surface area (Å²) in [5, 5.41) is 35.7. The number of aliphatic hydroxyl groups excluding tert-OH is 2. The number of allylic oxidation sites excluding steroid dienone is 2. The Hall–Kier alpha value is -0.960. The minimum absolute atomic E-state index is 0.0440. The van der Waals surface area contributed by atoms with Crippen LogP contribution >= 0.6 is 0 Å². The Labute approximate surface area is 259 Å². The van der Waals surface area contributed by atoms with Crippen molar-refractivity contribution in [3.8, 4) is 0 Å². The van der Waals surface area contributed by atoms with Gasteiger partial charge >= 0.3 is 0 Å². The number of rotatable bonds is 8. The third kappa shape index (κ3) is 4.49. The van der Waals surface area contributed by atoms with Crippen LogP contribution in [-0.2, 0) is 37.9 Å². The lowest BCUT2D eigenvalue weighted by atomic mass is 9.68. The zero-order chi connectivity index (χ0) is 31.4. The van der Waals surface area contributed by atoms with Crippen molar-refractivity contribution in [2.75, 3.05) is 34.0 Å². The molecule has 0 aromatic rings. The molecule has 44 heavy (non-hydrogen) atoms. The Kier molecular flexibility index (Phi) is 7.75. The molecule has 4 saturated heterocycles. The lowest BCUT2D eigenvalue weighted by molar-refractivity contribution is -0.385. The van der Waals surface area contributed by atoms with E-state index in [1.54, 1.807) is 14.2 Å². The molecule has 1 unspecified atom stereocenters. The second kappa shape index (κ2) is 10.8. The standard InChI is InChI=1S/C33H50O11/c1-16(2)18-8-10-30(4)12-20-19(9-11-32(20,36)15-38-7)17(3)24(34)26(23(18)30)41-28-25(35)27-33(22(40-28)13-37-6)43-29(42-27)31(5,44-33)21-14-39-21/h12,16-17,19,21-22,24-29,34-36H,8-11,13-15H2,1-7H3/b20-12+/t17-,19+,21+,22-,24-,25-,26-,27-,28+,29?,30-,31+,32+,33-/m1/s1. The van der Waals surface area contributed by atoms with Gasteiger partial charge in [0, 0.05) is 19.6 Å². The number of fused-ring (bicyclic) bond motifs is 3. The first kappa shape index (κ1) is 31.6. The summed E-state index contributed by atoms with van der Waals surface area (Å²) in [5.74, 6) is -1.45. The maximum absolute atomic E-state index is 12.2. The molecule has 248 valence electrons. The summed E-state index contributed by atoms with van der Waals surface area (Å²) < 4.78 is 49.0. The van der Waals surface area contributed by atoms with Crippen LogP contribution in [0.1, 0.15) is 60.3 Å². The van der Waals surface area contributed by atoms with E-state index in [1.807, 2.05) is 13.8 Å². The highest BCUT2D eigenvalue weighted by molar-refractivity contribution is 5.42. The summed E-state index contributed by atoms with van der Waals surface area (Å²) in [6.07, 6.45) is -1.41. The first-order valence-electron chi connectivity index (χ1n) is 16.3. The molecule has 0 aromatic carbocycles. The molecule has 4 heterocycles. The molecule has 4 aliphatic heterocycles. The van der Waals surface area contributed by atoms with Crippen LogP contribution in [0.3, 0.4) is 0 Å². The van der Waals surface area contributed by atoms with Gasteiger partial charge in [-0.25, -0.2) is 0 Å². The number of ether oxygens (including phenoxy) is 8. The average molecular weight is 623 g/mol. The normalized spacial score (nSPS) is 54.1. The molecule has 3 N–H and O–H groups in total. The van der Waals surface area contributed by atoms with Gasteiger partial charge in [0.1, 0.15) is 41.7 Å². The van der Waals surface area contributed by atoms with E-state index in [0.29, 0.717) is 13.0 Å². The number of hydrogen-bond donors (Lipinski definition) is 3. The summed E-state index contributed by atoms with van der Waals surface area (Å²) in [4.78, 5) is 0. The monoisotopic (exact) mass is 622 g/mol. The van der Waals surface area contributed by atoms with Crippen molar-refractivity contribution in [1.29, 1.82) is 0 Å². The van der Waals surface area contributed by atoms with Gasteiger partial charge in [-0.1, -0.05) is 39.3 Å². The van der Waals surface area contributed by atoms with Crippen LogP contribution in [-0.4, -0.2) is 116 Å². The smallest absolute Gasteiger partial charge is 0.230 e. The number of aliphatic hydroxyl groups is 3. The van der Waals surface area contributed by atoms with Gasteiger partial charge in [-0.05, 0) is 61.5 Å². The van der Waals surface area contributed by atoms with Crippen molar-refractivity contribution >= 4 is 0 Å². The molecule has 11 nitrogen and oxygen atoms in total. The largest absolute Gasteiger partial charge is 0.390 e. The van der Waals surface area contributed by atoms with Crippen molar-refractivity contribution in [3.05, 3.63) is 22.8 Å². The van der Waals surface area contributed by atoms with Crippen molar-refractivity contribution in [2.24, 2.45) is 23.2 Å². The van der Waals surface area contributed by atoms with Gasteiger partial charge in [0.15, 0.2) is 12.6 Å². The molecule has 14 atom stereocenters. The Morgan fingerprint density at radius 3 is 2.48 bits per heavy atom. The molecule has 0 amide bonds. The summed E-state index contributed by atoms with van der Waals surface area (Å²) in [6.45, 7) is 11.3.